The van der Waals surface area contributed by atoms with E-state index < -0.39 is 6.10 Å². The van der Waals surface area contributed by atoms with Crippen molar-refractivity contribution in [2.45, 2.75) is 39.8 Å². The molecule has 5 nitrogen and oxygen atoms in total. The second-order valence-corrected chi connectivity index (χ2v) is 4.93. The molecule has 1 aromatic heterocycles. The van der Waals surface area contributed by atoms with Crippen molar-refractivity contribution in [1.82, 2.24) is 10.6 Å². The van der Waals surface area contributed by atoms with E-state index in [2.05, 4.69) is 36.4 Å². The standard InChI is InChI=1S/C14H25N3O2/c1-5-15-14(17-11(4)10(2)3)16-9-12(18)13-7-6-8-19-13/h6-8,10-12,18H,5,9H2,1-4H3,(H2,15,16,17). The van der Waals surface area contributed by atoms with Crippen LogP contribution in [0.3, 0.4) is 0 Å². The number of aliphatic hydroxyl groups is 1. The van der Waals surface area contributed by atoms with Gasteiger partial charge in [0.25, 0.3) is 0 Å². The van der Waals surface area contributed by atoms with Crippen molar-refractivity contribution in [3.63, 3.8) is 0 Å². The van der Waals surface area contributed by atoms with Crippen molar-refractivity contribution < 1.29 is 9.52 Å². The lowest BCUT2D eigenvalue weighted by Crippen LogP contribution is -2.44. The molecule has 0 saturated heterocycles. The highest BCUT2D eigenvalue weighted by atomic mass is 16.4. The van der Waals surface area contributed by atoms with E-state index in [1.807, 2.05) is 6.92 Å². The van der Waals surface area contributed by atoms with Crippen LogP contribution in [0, 0.1) is 5.92 Å². The molecule has 19 heavy (non-hydrogen) atoms. The minimum atomic E-state index is -0.709. The highest BCUT2D eigenvalue weighted by Gasteiger charge is 2.12. The van der Waals surface area contributed by atoms with Crippen LogP contribution >= 0.6 is 0 Å². The van der Waals surface area contributed by atoms with Gasteiger partial charge in [0.1, 0.15) is 11.9 Å². The van der Waals surface area contributed by atoms with E-state index in [1.54, 1.807) is 18.4 Å². The SMILES string of the molecule is CCNC(=NCC(O)c1ccco1)NC(C)C(C)C. The number of guanidine groups is 1. The lowest BCUT2D eigenvalue weighted by atomic mass is 10.1. The highest BCUT2D eigenvalue weighted by Crippen LogP contribution is 2.12. The highest BCUT2D eigenvalue weighted by molar-refractivity contribution is 5.80. The first kappa shape index (κ1) is 15.6. The molecule has 0 aliphatic carbocycles. The normalized spacial score (nSPS) is 15.4. The number of hydrogen-bond acceptors (Lipinski definition) is 3. The Kier molecular flexibility index (Phi) is 6.42. The van der Waals surface area contributed by atoms with Crippen molar-refractivity contribution in [2.75, 3.05) is 13.1 Å². The topological polar surface area (TPSA) is 69.8 Å². The average Bonchev–Trinajstić information content (AvgIpc) is 2.89. The van der Waals surface area contributed by atoms with Crippen LogP contribution < -0.4 is 10.6 Å². The van der Waals surface area contributed by atoms with Gasteiger partial charge in [0.2, 0.25) is 0 Å². The minimum Gasteiger partial charge on any atom is -0.467 e. The van der Waals surface area contributed by atoms with Crippen molar-refractivity contribution in [3.8, 4) is 0 Å². The molecule has 0 aromatic carbocycles. The summed E-state index contributed by atoms with van der Waals surface area (Å²) in [6, 6.07) is 3.82. The summed E-state index contributed by atoms with van der Waals surface area (Å²) in [5.41, 5.74) is 0. The Balaban J connectivity index is 2.57. The van der Waals surface area contributed by atoms with E-state index in [0.29, 0.717) is 23.7 Å². The van der Waals surface area contributed by atoms with E-state index in [9.17, 15) is 5.11 Å². The van der Waals surface area contributed by atoms with Crippen molar-refractivity contribution in [1.29, 1.82) is 0 Å². The third-order valence-corrected chi connectivity index (χ3v) is 3.00. The van der Waals surface area contributed by atoms with Gasteiger partial charge >= 0.3 is 0 Å². The fourth-order valence-electron chi connectivity index (χ4n) is 1.45. The van der Waals surface area contributed by atoms with Crippen molar-refractivity contribution in [2.24, 2.45) is 10.9 Å². The molecule has 0 radical (unpaired) electrons. The average molecular weight is 267 g/mol. The fourth-order valence-corrected chi connectivity index (χ4v) is 1.45. The van der Waals surface area contributed by atoms with E-state index in [4.69, 9.17) is 4.42 Å². The Bertz CT molecular complexity index is 374. The Labute approximate surface area is 115 Å². The third kappa shape index (κ3) is 5.34. The maximum atomic E-state index is 9.91. The van der Waals surface area contributed by atoms with Crippen LogP contribution in [0.4, 0.5) is 0 Å². The first-order chi connectivity index (χ1) is 9.04. The molecule has 0 amide bonds. The van der Waals surface area contributed by atoms with E-state index in [-0.39, 0.29) is 6.54 Å². The summed E-state index contributed by atoms with van der Waals surface area (Å²) in [5.74, 6) is 1.77. The first-order valence-corrected chi connectivity index (χ1v) is 6.80. The summed E-state index contributed by atoms with van der Waals surface area (Å²) in [7, 11) is 0. The molecule has 3 N–H and O–H groups in total. The van der Waals surface area contributed by atoms with Crippen molar-refractivity contribution >= 4 is 5.96 Å². The van der Waals surface area contributed by atoms with Gasteiger partial charge in [0.15, 0.2) is 5.96 Å². The predicted octanol–water partition coefficient (Wildman–Crippen LogP) is 1.91. The number of aliphatic hydroxyl groups excluding tert-OH is 1. The molecular weight excluding hydrogens is 242 g/mol. The summed E-state index contributed by atoms with van der Waals surface area (Å²) in [4.78, 5) is 4.38. The second-order valence-electron chi connectivity index (χ2n) is 4.93. The maximum absolute atomic E-state index is 9.91. The monoisotopic (exact) mass is 267 g/mol. The molecule has 1 rings (SSSR count). The number of furan rings is 1. The van der Waals surface area contributed by atoms with Crippen LogP contribution in [0.25, 0.3) is 0 Å². The zero-order chi connectivity index (χ0) is 14.3. The molecule has 108 valence electrons. The van der Waals surface area contributed by atoms with E-state index in [1.165, 1.54) is 0 Å². The summed E-state index contributed by atoms with van der Waals surface area (Å²) in [6.07, 6.45) is 0.840. The third-order valence-electron chi connectivity index (χ3n) is 3.00. The van der Waals surface area contributed by atoms with Crippen LogP contribution in [-0.2, 0) is 0 Å². The number of hydrogen-bond donors (Lipinski definition) is 3. The molecule has 0 aliphatic rings. The fraction of sp³-hybridized carbons (Fsp3) is 0.643. The van der Waals surface area contributed by atoms with Crippen LogP contribution in [0.1, 0.15) is 39.6 Å². The second kappa shape index (κ2) is 7.84. The Morgan fingerprint density at radius 2 is 2.16 bits per heavy atom. The van der Waals surface area contributed by atoms with Gasteiger partial charge in [-0.1, -0.05) is 13.8 Å². The zero-order valence-corrected chi connectivity index (χ0v) is 12.2. The molecule has 0 aliphatic heterocycles. The predicted molar refractivity (Wildman–Crippen MR) is 77.1 cm³/mol. The van der Waals surface area contributed by atoms with Gasteiger partial charge in [-0.3, -0.25) is 4.99 Å². The molecule has 0 saturated carbocycles. The molecule has 0 spiro atoms. The number of nitrogens with one attached hydrogen (secondary N) is 2. The maximum Gasteiger partial charge on any atom is 0.191 e. The van der Waals surface area contributed by atoms with Crippen LogP contribution in [0.5, 0.6) is 0 Å². The molecule has 0 bridgehead atoms. The van der Waals surface area contributed by atoms with Gasteiger partial charge in [-0.25, -0.2) is 0 Å². The Morgan fingerprint density at radius 1 is 1.42 bits per heavy atom. The van der Waals surface area contributed by atoms with Crippen LogP contribution in [0.15, 0.2) is 27.8 Å². The van der Waals surface area contributed by atoms with Gasteiger partial charge in [-0.15, -0.1) is 0 Å². The molecule has 0 fully saturated rings. The van der Waals surface area contributed by atoms with E-state index in [0.717, 1.165) is 6.54 Å². The first-order valence-electron chi connectivity index (χ1n) is 6.80. The number of nitrogens with zero attached hydrogens (tertiary/aromatic N) is 1. The molecule has 1 aromatic rings. The van der Waals surface area contributed by atoms with Gasteiger partial charge in [-0.05, 0) is 31.9 Å². The lowest BCUT2D eigenvalue weighted by Gasteiger charge is -2.21. The summed E-state index contributed by atoms with van der Waals surface area (Å²) in [5, 5.41) is 16.4. The number of rotatable bonds is 6. The molecule has 5 heteroatoms. The van der Waals surface area contributed by atoms with E-state index >= 15 is 0 Å². The van der Waals surface area contributed by atoms with Crippen LogP contribution in [-0.4, -0.2) is 30.2 Å². The van der Waals surface area contributed by atoms with Crippen molar-refractivity contribution in [3.05, 3.63) is 24.2 Å². The Hall–Kier alpha value is -1.49. The number of aliphatic imine (C=N–C) groups is 1. The summed E-state index contributed by atoms with van der Waals surface area (Å²) in [6.45, 7) is 9.49. The quantitative estimate of drug-likeness (QED) is 0.544. The molecule has 2 unspecified atom stereocenters. The smallest absolute Gasteiger partial charge is 0.191 e. The van der Waals surface area contributed by atoms with Crippen LogP contribution in [0.2, 0.25) is 0 Å². The lowest BCUT2D eigenvalue weighted by molar-refractivity contribution is 0.158. The Morgan fingerprint density at radius 3 is 2.68 bits per heavy atom. The summed E-state index contributed by atoms with van der Waals surface area (Å²) < 4.78 is 5.15. The largest absolute Gasteiger partial charge is 0.467 e. The van der Waals surface area contributed by atoms with Gasteiger partial charge in [0.05, 0.1) is 12.8 Å². The van der Waals surface area contributed by atoms with Gasteiger partial charge < -0.3 is 20.2 Å². The van der Waals surface area contributed by atoms with Gasteiger partial charge in [-0.2, -0.15) is 0 Å². The van der Waals surface area contributed by atoms with Gasteiger partial charge in [0, 0.05) is 12.6 Å². The molecule has 2 atom stereocenters. The molecule has 1 heterocycles. The summed E-state index contributed by atoms with van der Waals surface area (Å²) >= 11 is 0. The zero-order valence-electron chi connectivity index (χ0n) is 12.2. The minimum absolute atomic E-state index is 0.271. The molecular formula is C14H25N3O2.